The molecule has 190 valence electrons. The molecular weight excluding hydrogens is 460 g/mol. The molecule has 2 heterocycles. The molecule has 6 atom stereocenters. The molecule has 0 unspecified atom stereocenters. The number of fused-ring (bicyclic) bond motifs is 2. The van der Waals surface area contributed by atoms with E-state index in [0.717, 1.165) is 67.4 Å². The summed E-state index contributed by atoms with van der Waals surface area (Å²) in [6, 6.07) is 7.60. The Morgan fingerprint density at radius 2 is 1.94 bits per heavy atom. The summed E-state index contributed by atoms with van der Waals surface area (Å²) in [5, 5.41) is 12.6. The normalized spacial score (nSPS) is 30.9. The molecule has 7 heteroatoms. The third-order valence-corrected chi connectivity index (χ3v) is 9.88. The van der Waals surface area contributed by atoms with Crippen LogP contribution in [0, 0.1) is 23.2 Å². The lowest BCUT2D eigenvalue weighted by Gasteiger charge is -2.53. The van der Waals surface area contributed by atoms with Crippen LogP contribution in [0.2, 0.25) is 0 Å². The quantitative estimate of drug-likeness (QED) is 0.604. The Morgan fingerprint density at radius 3 is 2.63 bits per heavy atom. The predicted molar refractivity (Wildman–Crippen MR) is 137 cm³/mol. The summed E-state index contributed by atoms with van der Waals surface area (Å²) in [6.07, 6.45) is 4.59. The van der Waals surface area contributed by atoms with Gasteiger partial charge in [-0.25, -0.2) is 4.98 Å². The lowest BCUT2D eigenvalue weighted by Crippen LogP contribution is -2.53. The minimum atomic E-state index is -0.487. The summed E-state index contributed by atoms with van der Waals surface area (Å²) in [6.45, 7) is 8.75. The number of nitrogens with zero attached hydrogens (tertiary/aromatic N) is 2. The molecule has 2 aromatic rings. The van der Waals surface area contributed by atoms with Crippen molar-refractivity contribution in [3.05, 3.63) is 39.8 Å². The molecule has 35 heavy (non-hydrogen) atoms. The molecule has 0 radical (unpaired) electrons. The fourth-order valence-electron chi connectivity index (χ4n) is 6.88. The van der Waals surface area contributed by atoms with Gasteiger partial charge in [-0.1, -0.05) is 20.8 Å². The lowest BCUT2D eigenvalue weighted by atomic mass is 9.53. The van der Waals surface area contributed by atoms with Crippen LogP contribution in [0.4, 0.5) is 0 Å². The third kappa shape index (κ3) is 4.57. The third-order valence-electron chi connectivity index (χ3n) is 8.84. The maximum atomic E-state index is 13.1. The van der Waals surface area contributed by atoms with Crippen LogP contribution in [0.1, 0.15) is 68.0 Å². The molecule has 1 amide bonds. The van der Waals surface area contributed by atoms with Gasteiger partial charge in [0.2, 0.25) is 5.91 Å². The van der Waals surface area contributed by atoms with Gasteiger partial charge in [0, 0.05) is 29.8 Å². The summed E-state index contributed by atoms with van der Waals surface area (Å²) in [5.41, 5.74) is 1.14. The zero-order chi connectivity index (χ0) is 24.7. The Hall–Kier alpha value is -2.12. The Balaban J connectivity index is 1.30. The van der Waals surface area contributed by atoms with E-state index in [4.69, 9.17) is 14.5 Å². The van der Waals surface area contributed by atoms with Gasteiger partial charge in [-0.2, -0.15) is 0 Å². The van der Waals surface area contributed by atoms with Crippen molar-refractivity contribution < 1.29 is 19.4 Å². The standard InChI is InChI=1S/C28H38N2O4S/c1-17(27(32)30-13-5-6-14-30)21-11-12-28(3)15-22-25(18(2)24(28)26(21)31)29-23(35-22)16-34-20-9-7-19(33-4)8-10-20/h7-10,17-18,21,24,26,31H,5-6,11-16H2,1-4H3/t17-,18+,21-,24+,26-,28+/m0/s1. The topological polar surface area (TPSA) is 71.9 Å². The van der Waals surface area contributed by atoms with Crippen molar-refractivity contribution >= 4 is 17.2 Å². The second kappa shape index (κ2) is 9.74. The predicted octanol–water partition coefficient (Wildman–Crippen LogP) is 5.04. The van der Waals surface area contributed by atoms with Crippen molar-refractivity contribution in [3.8, 4) is 11.5 Å². The van der Waals surface area contributed by atoms with Crippen molar-refractivity contribution in [2.45, 2.75) is 71.5 Å². The minimum Gasteiger partial charge on any atom is -0.497 e. The molecule has 1 N–H and O–H groups in total. The molecule has 6 nitrogen and oxygen atoms in total. The number of thiazole rings is 1. The zero-order valence-electron chi connectivity index (χ0n) is 21.3. The number of carbonyl (C=O) groups is 1. The van der Waals surface area contributed by atoms with Crippen LogP contribution >= 0.6 is 11.3 Å². The van der Waals surface area contributed by atoms with E-state index in [1.807, 2.05) is 36.1 Å². The van der Waals surface area contributed by atoms with Crippen LogP contribution in [0.25, 0.3) is 0 Å². The summed E-state index contributed by atoms with van der Waals surface area (Å²) in [7, 11) is 1.65. The largest absolute Gasteiger partial charge is 0.497 e. The molecule has 3 aliphatic rings. The van der Waals surface area contributed by atoms with Crippen molar-refractivity contribution in [2.24, 2.45) is 23.2 Å². The Bertz CT molecular complexity index is 1050. The highest BCUT2D eigenvalue weighted by Crippen LogP contribution is 2.57. The van der Waals surface area contributed by atoms with E-state index in [2.05, 4.69) is 13.8 Å². The molecule has 1 aromatic carbocycles. The number of aromatic nitrogens is 1. The van der Waals surface area contributed by atoms with Gasteiger partial charge in [0.1, 0.15) is 23.1 Å². The molecule has 1 aromatic heterocycles. The molecule has 5 rings (SSSR count). The van der Waals surface area contributed by atoms with Crippen LogP contribution < -0.4 is 9.47 Å². The maximum Gasteiger partial charge on any atom is 0.225 e. The number of methoxy groups -OCH3 is 1. The molecule has 0 spiro atoms. The molecule has 1 saturated heterocycles. The number of benzene rings is 1. The summed E-state index contributed by atoms with van der Waals surface area (Å²) < 4.78 is 11.2. The number of amides is 1. The number of aliphatic hydroxyl groups is 1. The summed E-state index contributed by atoms with van der Waals surface area (Å²) in [4.78, 5) is 21.4. The first kappa shape index (κ1) is 24.6. The molecule has 2 fully saturated rings. The van der Waals surface area contributed by atoms with Gasteiger partial charge in [0.15, 0.2) is 0 Å². The van der Waals surface area contributed by atoms with Crippen LogP contribution in [0.3, 0.4) is 0 Å². The van der Waals surface area contributed by atoms with E-state index >= 15 is 0 Å². The molecular formula is C28H38N2O4S. The second-order valence-electron chi connectivity index (χ2n) is 11.0. The highest BCUT2D eigenvalue weighted by molar-refractivity contribution is 7.11. The average Bonchev–Trinajstić information content (AvgIpc) is 3.52. The Morgan fingerprint density at radius 1 is 1.26 bits per heavy atom. The highest BCUT2D eigenvalue weighted by Gasteiger charge is 2.54. The number of aliphatic hydroxyl groups excluding tert-OH is 1. The van der Waals surface area contributed by atoms with E-state index in [9.17, 15) is 9.90 Å². The number of hydrogen-bond donors (Lipinski definition) is 1. The molecule has 1 aliphatic heterocycles. The molecule has 2 aliphatic carbocycles. The number of carbonyl (C=O) groups excluding carboxylic acids is 1. The summed E-state index contributed by atoms with van der Waals surface area (Å²) >= 11 is 1.75. The van der Waals surface area contributed by atoms with E-state index in [1.165, 1.54) is 4.88 Å². The fourth-order valence-corrected chi connectivity index (χ4v) is 8.17. The van der Waals surface area contributed by atoms with Gasteiger partial charge < -0.3 is 19.5 Å². The van der Waals surface area contributed by atoms with Gasteiger partial charge in [0.05, 0.1) is 18.9 Å². The summed E-state index contributed by atoms with van der Waals surface area (Å²) in [5.74, 6) is 1.97. The van der Waals surface area contributed by atoms with E-state index < -0.39 is 6.10 Å². The first-order valence-corrected chi connectivity index (χ1v) is 13.8. The average molecular weight is 499 g/mol. The van der Waals surface area contributed by atoms with Crippen LogP contribution in [-0.4, -0.2) is 47.2 Å². The maximum absolute atomic E-state index is 13.1. The van der Waals surface area contributed by atoms with Crippen LogP contribution in [0.5, 0.6) is 11.5 Å². The fraction of sp³-hybridized carbons (Fsp3) is 0.643. The smallest absolute Gasteiger partial charge is 0.225 e. The number of ether oxygens (including phenoxy) is 2. The van der Waals surface area contributed by atoms with Crippen molar-refractivity contribution in [3.63, 3.8) is 0 Å². The second-order valence-corrected chi connectivity index (χ2v) is 12.2. The highest BCUT2D eigenvalue weighted by atomic mass is 32.1. The van der Waals surface area contributed by atoms with Gasteiger partial charge in [-0.15, -0.1) is 11.3 Å². The lowest BCUT2D eigenvalue weighted by molar-refractivity contribution is -0.143. The molecule has 1 saturated carbocycles. The minimum absolute atomic E-state index is 0.0155. The van der Waals surface area contributed by atoms with Gasteiger partial charge in [-0.3, -0.25) is 4.79 Å². The number of hydrogen-bond acceptors (Lipinski definition) is 6. The van der Waals surface area contributed by atoms with E-state index in [1.54, 1.807) is 18.4 Å². The van der Waals surface area contributed by atoms with Crippen LogP contribution in [-0.2, 0) is 17.8 Å². The van der Waals surface area contributed by atoms with E-state index in [0.29, 0.717) is 6.61 Å². The first-order chi connectivity index (χ1) is 16.8. The SMILES string of the molecule is COc1ccc(OCc2nc3c(s2)C[C@@]2(C)CC[C@@H]([C@H](C)C(=O)N4CCCC4)[C@H](O)[C@H]2[C@H]3C)cc1. The van der Waals surface area contributed by atoms with E-state index in [-0.39, 0.29) is 35.0 Å². The van der Waals surface area contributed by atoms with Crippen molar-refractivity contribution in [1.82, 2.24) is 9.88 Å². The first-order valence-electron chi connectivity index (χ1n) is 13.0. The number of likely N-dealkylation sites (tertiary alicyclic amines) is 1. The monoisotopic (exact) mass is 498 g/mol. The van der Waals surface area contributed by atoms with Crippen LogP contribution in [0.15, 0.2) is 24.3 Å². The Labute approximate surface area is 212 Å². The van der Waals surface area contributed by atoms with Gasteiger partial charge >= 0.3 is 0 Å². The van der Waals surface area contributed by atoms with Crippen molar-refractivity contribution in [2.75, 3.05) is 20.2 Å². The Kier molecular flexibility index (Phi) is 6.83. The van der Waals surface area contributed by atoms with Crippen molar-refractivity contribution in [1.29, 1.82) is 0 Å². The van der Waals surface area contributed by atoms with Gasteiger partial charge in [0.25, 0.3) is 0 Å². The molecule has 0 bridgehead atoms. The number of rotatable bonds is 6. The van der Waals surface area contributed by atoms with Gasteiger partial charge in [-0.05, 0) is 73.6 Å². The zero-order valence-corrected chi connectivity index (χ0v) is 22.1.